The Bertz CT molecular complexity index is 611. The molecule has 0 heterocycles. The predicted octanol–water partition coefficient (Wildman–Crippen LogP) is 4.23. The van der Waals surface area contributed by atoms with Crippen molar-refractivity contribution in [2.24, 2.45) is 0 Å². The maximum absolute atomic E-state index is 12.1. The molecule has 0 aliphatic heterocycles. The minimum absolute atomic E-state index is 0.101. The zero-order valence-electron chi connectivity index (χ0n) is 16.4. The second kappa shape index (κ2) is 10.1. The molecule has 0 aromatic heterocycles. The van der Waals surface area contributed by atoms with Crippen LogP contribution in [0.3, 0.4) is 0 Å². The molecule has 3 nitrogen and oxygen atoms in total. The van der Waals surface area contributed by atoms with Crippen molar-refractivity contribution in [3.8, 4) is 0 Å². The van der Waals surface area contributed by atoms with E-state index in [9.17, 15) is 4.79 Å². The molecule has 2 aromatic carbocycles. The Morgan fingerprint density at radius 1 is 0.885 bits per heavy atom. The van der Waals surface area contributed by atoms with Gasteiger partial charge >= 0.3 is 0 Å². The summed E-state index contributed by atoms with van der Waals surface area (Å²) in [5, 5.41) is 2.78. The molecule has 0 unspecified atom stereocenters. The third-order valence-electron chi connectivity index (χ3n) is 5.46. The van der Waals surface area contributed by atoms with Gasteiger partial charge in [-0.15, -0.1) is 0 Å². The maximum atomic E-state index is 12.1. The number of hydrogen-bond donors (Lipinski definition) is 1. The van der Waals surface area contributed by atoms with Crippen LogP contribution in [0.15, 0.2) is 60.7 Å². The molecule has 0 fully saturated rings. The van der Waals surface area contributed by atoms with E-state index < -0.39 is 0 Å². The number of amides is 1. The van der Waals surface area contributed by atoms with Crippen LogP contribution >= 0.6 is 0 Å². The first kappa shape index (κ1) is 20.2. The molecule has 1 amide bonds. The first-order valence-corrected chi connectivity index (χ1v) is 9.70. The van der Waals surface area contributed by atoms with Crippen molar-refractivity contribution >= 4 is 5.91 Å². The van der Waals surface area contributed by atoms with E-state index in [0.29, 0.717) is 6.42 Å². The van der Waals surface area contributed by atoms with Gasteiger partial charge in [0.1, 0.15) is 0 Å². The largest absolute Gasteiger partial charge is 0.359 e. The molecule has 3 heteroatoms. The van der Waals surface area contributed by atoms with Crippen molar-refractivity contribution in [3.63, 3.8) is 0 Å². The average Bonchev–Trinajstić information content (AvgIpc) is 2.72. The molecule has 0 aliphatic rings. The summed E-state index contributed by atoms with van der Waals surface area (Å²) in [6, 6.07) is 21.4. The normalized spacial score (nSPS) is 11.5. The summed E-state index contributed by atoms with van der Waals surface area (Å²) in [5.41, 5.74) is 2.43. The van der Waals surface area contributed by atoms with Crippen molar-refractivity contribution < 1.29 is 4.79 Å². The molecule has 0 spiro atoms. The zero-order chi connectivity index (χ0) is 18.8. The van der Waals surface area contributed by atoms with E-state index in [1.54, 1.807) is 7.05 Å². The molecule has 140 valence electrons. The quantitative estimate of drug-likeness (QED) is 0.694. The molecular weight excluding hydrogens is 320 g/mol. The lowest BCUT2D eigenvalue weighted by atomic mass is 9.69. The number of nitrogens with zero attached hydrogens (tertiary/aromatic N) is 1. The maximum Gasteiger partial charge on any atom is 0.219 e. The van der Waals surface area contributed by atoms with Crippen molar-refractivity contribution in [1.82, 2.24) is 10.2 Å². The van der Waals surface area contributed by atoms with Gasteiger partial charge < -0.3 is 10.2 Å². The van der Waals surface area contributed by atoms with Crippen LogP contribution in [-0.2, 0) is 10.2 Å². The van der Waals surface area contributed by atoms with Gasteiger partial charge in [0, 0.05) is 18.9 Å². The summed E-state index contributed by atoms with van der Waals surface area (Å²) in [6.07, 6.45) is 2.33. The zero-order valence-corrected chi connectivity index (χ0v) is 16.4. The summed E-state index contributed by atoms with van der Waals surface area (Å²) in [7, 11) is 1.71. The fourth-order valence-electron chi connectivity index (χ4n) is 3.72. The number of carbonyl (C=O) groups is 1. The summed E-state index contributed by atoms with van der Waals surface area (Å²) < 4.78 is 0. The molecule has 2 aromatic rings. The van der Waals surface area contributed by atoms with E-state index in [-0.39, 0.29) is 11.3 Å². The lowest BCUT2D eigenvalue weighted by Crippen LogP contribution is -2.35. The lowest BCUT2D eigenvalue weighted by Gasteiger charge is -2.37. The Morgan fingerprint density at radius 3 is 1.81 bits per heavy atom. The number of hydrogen-bond acceptors (Lipinski definition) is 2. The SMILES string of the molecule is CCN(CC)CCC(CCC(=O)NC)(c1ccccc1)c1ccccc1. The van der Waals surface area contributed by atoms with E-state index >= 15 is 0 Å². The highest BCUT2D eigenvalue weighted by Gasteiger charge is 2.34. The van der Waals surface area contributed by atoms with Crippen LogP contribution in [0.25, 0.3) is 0 Å². The molecular formula is C23H32N2O. The number of rotatable bonds is 10. The highest BCUT2D eigenvalue weighted by atomic mass is 16.1. The van der Waals surface area contributed by atoms with Crippen LogP contribution in [0, 0.1) is 0 Å². The van der Waals surface area contributed by atoms with Crippen molar-refractivity contribution in [3.05, 3.63) is 71.8 Å². The summed E-state index contributed by atoms with van der Waals surface area (Å²) in [5.74, 6) is 0.101. The molecule has 0 aliphatic carbocycles. The minimum atomic E-state index is -0.155. The highest BCUT2D eigenvalue weighted by molar-refractivity contribution is 5.75. The first-order chi connectivity index (χ1) is 12.7. The van der Waals surface area contributed by atoms with E-state index in [0.717, 1.165) is 32.5 Å². The first-order valence-electron chi connectivity index (χ1n) is 9.70. The van der Waals surface area contributed by atoms with Gasteiger partial charge in [-0.2, -0.15) is 0 Å². The summed E-state index contributed by atoms with van der Waals surface area (Å²) >= 11 is 0. The number of nitrogens with one attached hydrogen (secondary N) is 1. The van der Waals surface area contributed by atoms with Gasteiger partial charge in [-0.25, -0.2) is 0 Å². The second-order valence-electron chi connectivity index (χ2n) is 6.76. The molecule has 0 radical (unpaired) electrons. The molecule has 0 saturated carbocycles. The van der Waals surface area contributed by atoms with Crippen molar-refractivity contribution in [2.45, 2.75) is 38.5 Å². The summed E-state index contributed by atoms with van der Waals surface area (Å²) in [6.45, 7) is 7.53. The molecule has 26 heavy (non-hydrogen) atoms. The predicted molar refractivity (Wildman–Crippen MR) is 109 cm³/mol. The topological polar surface area (TPSA) is 32.3 Å². The van der Waals surface area contributed by atoms with Gasteiger partial charge in [-0.3, -0.25) is 4.79 Å². The smallest absolute Gasteiger partial charge is 0.219 e. The standard InChI is InChI=1S/C23H32N2O/c1-4-25(5-2)19-18-23(17-16-22(26)24-3,20-12-8-6-9-13-20)21-14-10-7-11-15-21/h6-15H,4-5,16-19H2,1-3H3,(H,24,26). The molecule has 2 rings (SSSR count). The summed E-state index contributed by atoms with van der Waals surface area (Å²) in [4.78, 5) is 14.5. The van der Waals surface area contributed by atoms with E-state index in [2.05, 4.69) is 84.7 Å². The third kappa shape index (κ3) is 4.95. The van der Waals surface area contributed by atoms with Gasteiger partial charge in [0.05, 0.1) is 0 Å². The van der Waals surface area contributed by atoms with Crippen LogP contribution in [0.1, 0.15) is 44.2 Å². The van der Waals surface area contributed by atoms with Gasteiger partial charge in [0.25, 0.3) is 0 Å². The van der Waals surface area contributed by atoms with Crippen LogP contribution in [0.4, 0.5) is 0 Å². The average molecular weight is 353 g/mol. The fraction of sp³-hybridized carbons (Fsp3) is 0.435. The van der Waals surface area contributed by atoms with Gasteiger partial charge in [-0.1, -0.05) is 74.5 Å². The number of carbonyl (C=O) groups excluding carboxylic acids is 1. The van der Waals surface area contributed by atoms with E-state index in [1.807, 2.05) is 0 Å². The Labute approximate surface area is 158 Å². The Kier molecular flexibility index (Phi) is 7.86. The van der Waals surface area contributed by atoms with Crippen LogP contribution in [0.5, 0.6) is 0 Å². The second-order valence-corrected chi connectivity index (χ2v) is 6.76. The highest BCUT2D eigenvalue weighted by Crippen LogP contribution is 2.40. The van der Waals surface area contributed by atoms with Crippen molar-refractivity contribution in [1.29, 1.82) is 0 Å². The molecule has 0 bridgehead atoms. The fourth-order valence-corrected chi connectivity index (χ4v) is 3.72. The Hall–Kier alpha value is -2.13. The van der Waals surface area contributed by atoms with E-state index in [1.165, 1.54) is 11.1 Å². The monoisotopic (exact) mass is 352 g/mol. The molecule has 0 saturated heterocycles. The van der Waals surface area contributed by atoms with Gasteiger partial charge in [-0.05, 0) is 43.6 Å². The van der Waals surface area contributed by atoms with Crippen LogP contribution < -0.4 is 5.32 Å². The van der Waals surface area contributed by atoms with Gasteiger partial charge in [0.2, 0.25) is 5.91 Å². The van der Waals surface area contributed by atoms with E-state index in [4.69, 9.17) is 0 Å². The Morgan fingerprint density at radius 2 is 1.38 bits per heavy atom. The van der Waals surface area contributed by atoms with Crippen LogP contribution in [-0.4, -0.2) is 37.5 Å². The van der Waals surface area contributed by atoms with Gasteiger partial charge in [0.15, 0.2) is 0 Å². The molecule has 0 atom stereocenters. The molecule has 1 N–H and O–H groups in total. The minimum Gasteiger partial charge on any atom is -0.359 e. The Balaban J connectivity index is 2.45. The van der Waals surface area contributed by atoms with Crippen LogP contribution in [0.2, 0.25) is 0 Å². The lowest BCUT2D eigenvalue weighted by molar-refractivity contribution is -0.120. The third-order valence-corrected chi connectivity index (χ3v) is 5.46. The van der Waals surface area contributed by atoms with Crippen molar-refractivity contribution in [2.75, 3.05) is 26.7 Å². The number of benzene rings is 2.